The summed E-state index contributed by atoms with van der Waals surface area (Å²) in [5, 5.41) is 0. The zero-order chi connectivity index (χ0) is 9.15. The van der Waals surface area contributed by atoms with Gasteiger partial charge in [0.15, 0.2) is 0 Å². The van der Waals surface area contributed by atoms with Crippen LogP contribution in [0.2, 0.25) is 0 Å². The SMILES string of the molecule is CC1(C)[C@H]2CC(=O)[C@]1(C)C[C@H]2Br. The molecule has 0 N–H and O–H groups in total. The molecule has 2 aliphatic rings. The van der Waals surface area contributed by atoms with Crippen molar-refractivity contribution in [3.05, 3.63) is 0 Å². The molecular formula is C10H15BrO. The van der Waals surface area contributed by atoms with E-state index in [0.29, 0.717) is 16.5 Å². The van der Waals surface area contributed by atoms with Crippen LogP contribution >= 0.6 is 15.9 Å². The molecule has 0 aromatic rings. The van der Waals surface area contributed by atoms with Crippen molar-refractivity contribution in [3.63, 3.8) is 0 Å². The first-order valence-electron chi connectivity index (χ1n) is 4.57. The minimum Gasteiger partial charge on any atom is -0.299 e. The van der Waals surface area contributed by atoms with E-state index in [0.717, 1.165) is 12.8 Å². The van der Waals surface area contributed by atoms with Crippen molar-refractivity contribution < 1.29 is 4.79 Å². The van der Waals surface area contributed by atoms with Crippen molar-refractivity contribution in [1.29, 1.82) is 0 Å². The molecule has 1 nitrogen and oxygen atoms in total. The maximum absolute atomic E-state index is 11.7. The molecule has 2 rings (SSSR count). The van der Waals surface area contributed by atoms with Gasteiger partial charge in [0.1, 0.15) is 5.78 Å². The van der Waals surface area contributed by atoms with Gasteiger partial charge in [-0.25, -0.2) is 0 Å². The highest BCUT2D eigenvalue weighted by atomic mass is 79.9. The monoisotopic (exact) mass is 230 g/mol. The van der Waals surface area contributed by atoms with Gasteiger partial charge >= 0.3 is 0 Å². The summed E-state index contributed by atoms with van der Waals surface area (Å²) in [4.78, 5) is 12.3. The summed E-state index contributed by atoms with van der Waals surface area (Å²) in [7, 11) is 0. The Hall–Kier alpha value is 0.150. The van der Waals surface area contributed by atoms with E-state index in [1.54, 1.807) is 0 Å². The summed E-state index contributed by atoms with van der Waals surface area (Å²) in [6, 6.07) is 0. The number of hydrogen-bond acceptors (Lipinski definition) is 1. The average Bonchev–Trinajstić information content (AvgIpc) is 2.18. The van der Waals surface area contributed by atoms with Crippen LogP contribution in [0.4, 0.5) is 0 Å². The number of carbonyl (C=O) groups is 1. The van der Waals surface area contributed by atoms with Crippen molar-refractivity contribution in [2.75, 3.05) is 0 Å². The molecule has 2 fully saturated rings. The molecule has 0 saturated heterocycles. The maximum atomic E-state index is 11.7. The van der Waals surface area contributed by atoms with Gasteiger partial charge in [-0.15, -0.1) is 0 Å². The quantitative estimate of drug-likeness (QED) is 0.586. The number of hydrogen-bond donors (Lipinski definition) is 0. The van der Waals surface area contributed by atoms with E-state index in [1.807, 2.05) is 0 Å². The summed E-state index contributed by atoms with van der Waals surface area (Å²) in [6.45, 7) is 6.62. The van der Waals surface area contributed by atoms with Crippen molar-refractivity contribution in [3.8, 4) is 0 Å². The fraction of sp³-hybridized carbons (Fsp3) is 0.900. The van der Waals surface area contributed by atoms with Gasteiger partial charge in [-0.1, -0.05) is 36.7 Å². The number of rotatable bonds is 0. The molecule has 0 amide bonds. The van der Waals surface area contributed by atoms with E-state index in [-0.39, 0.29) is 10.8 Å². The second kappa shape index (κ2) is 2.14. The molecule has 68 valence electrons. The van der Waals surface area contributed by atoms with Crippen molar-refractivity contribution in [2.45, 2.75) is 38.4 Å². The van der Waals surface area contributed by atoms with Gasteiger partial charge in [0.2, 0.25) is 0 Å². The zero-order valence-electron chi connectivity index (χ0n) is 7.86. The fourth-order valence-electron chi connectivity index (χ4n) is 2.94. The molecule has 0 heterocycles. The normalized spacial score (nSPS) is 50.2. The van der Waals surface area contributed by atoms with Crippen LogP contribution in [0.5, 0.6) is 0 Å². The predicted molar refractivity (Wildman–Crippen MR) is 52.3 cm³/mol. The molecular weight excluding hydrogens is 216 g/mol. The Balaban J connectivity index is 2.47. The van der Waals surface area contributed by atoms with E-state index in [2.05, 4.69) is 36.7 Å². The van der Waals surface area contributed by atoms with Gasteiger partial charge in [0.25, 0.3) is 0 Å². The van der Waals surface area contributed by atoms with E-state index < -0.39 is 0 Å². The predicted octanol–water partition coefficient (Wildman–Crippen LogP) is 2.78. The summed E-state index contributed by atoms with van der Waals surface area (Å²) < 4.78 is 0. The van der Waals surface area contributed by atoms with Crippen LogP contribution in [0.25, 0.3) is 0 Å². The van der Waals surface area contributed by atoms with Gasteiger partial charge < -0.3 is 0 Å². The van der Waals surface area contributed by atoms with Gasteiger partial charge in [-0.2, -0.15) is 0 Å². The second-order valence-corrected chi connectivity index (χ2v) is 6.18. The number of Topliss-reactive ketones (excluding diaryl/α,β-unsaturated/α-hetero) is 1. The highest BCUT2D eigenvalue weighted by Gasteiger charge is 2.64. The summed E-state index contributed by atoms with van der Waals surface area (Å²) in [5.74, 6) is 1.04. The molecule has 0 unspecified atom stereocenters. The van der Waals surface area contributed by atoms with Gasteiger partial charge in [0, 0.05) is 16.7 Å². The Morgan fingerprint density at radius 1 is 1.42 bits per heavy atom. The van der Waals surface area contributed by atoms with Crippen LogP contribution in [0, 0.1) is 16.7 Å². The molecule has 0 aromatic heterocycles. The highest BCUT2D eigenvalue weighted by Crippen LogP contribution is 2.65. The Morgan fingerprint density at radius 2 is 2.00 bits per heavy atom. The molecule has 0 aromatic carbocycles. The second-order valence-electron chi connectivity index (χ2n) is 5.01. The third-order valence-electron chi connectivity index (χ3n) is 4.41. The first-order valence-corrected chi connectivity index (χ1v) is 5.48. The number of carbonyl (C=O) groups excluding carboxylic acids is 1. The van der Waals surface area contributed by atoms with Crippen molar-refractivity contribution in [1.82, 2.24) is 0 Å². The third-order valence-corrected chi connectivity index (χ3v) is 5.37. The Morgan fingerprint density at radius 3 is 2.25 bits per heavy atom. The average molecular weight is 231 g/mol. The molecule has 12 heavy (non-hydrogen) atoms. The fourth-order valence-corrected chi connectivity index (χ4v) is 4.43. The van der Waals surface area contributed by atoms with Crippen LogP contribution in [0.3, 0.4) is 0 Å². The minimum absolute atomic E-state index is 0.0498. The smallest absolute Gasteiger partial charge is 0.139 e. The van der Waals surface area contributed by atoms with E-state index >= 15 is 0 Å². The number of halogens is 1. The van der Waals surface area contributed by atoms with Crippen LogP contribution in [0.15, 0.2) is 0 Å². The zero-order valence-corrected chi connectivity index (χ0v) is 9.44. The summed E-state index contributed by atoms with van der Waals surface area (Å²) >= 11 is 3.68. The van der Waals surface area contributed by atoms with E-state index in [4.69, 9.17) is 0 Å². The van der Waals surface area contributed by atoms with Gasteiger partial charge in [-0.05, 0) is 17.8 Å². The Labute approximate surface area is 82.0 Å². The Bertz CT molecular complexity index is 246. The lowest BCUT2D eigenvalue weighted by Crippen LogP contribution is -2.32. The standard InChI is InChI=1S/C10H15BrO/c1-9(2)6-4-8(12)10(9,3)5-7(6)11/h6-7H,4-5H2,1-3H3/t6-,7+,10-/m0/s1. The van der Waals surface area contributed by atoms with Crippen molar-refractivity contribution >= 4 is 21.7 Å². The molecule has 3 atom stereocenters. The molecule has 2 saturated carbocycles. The van der Waals surface area contributed by atoms with E-state index in [1.165, 1.54) is 0 Å². The molecule has 0 aliphatic heterocycles. The molecule has 0 spiro atoms. The lowest BCUT2D eigenvalue weighted by atomic mass is 9.70. The van der Waals surface area contributed by atoms with Gasteiger partial charge in [0.05, 0.1) is 0 Å². The maximum Gasteiger partial charge on any atom is 0.139 e. The summed E-state index contributed by atoms with van der Waals surface area (Å²) in [6.07, 6.45) is 1.82. The van der Waals surface area contributed by atoms with Gasteiger partial charge in [-0.3, -0.25) is 4.79 Å². The number of fused-ring (bicyclic) bond motifs is 2. The Kier molecular flexibility index (Phi) is 1.56. The first kappa shape index (κ1) is 8.74. The van der Waals surface area contributed by atoms with Crippen LogP contribution < -0.4 is 0 Å². The lowest BCUT2D eigenvalue weighted by Gasteiger charge is -2.32. The van der Waals surface area contributed by atoms with Crippen LogP contribution in [0.1, 0.15) is 33.6 Å². The molecule has 2 heteroatoms. The molecule has 2 bridgehead atoms. The van der Waals surface area contributed by atoms with Crippen molar-refractivity contribution in [2.24, 2.45) is 16.7 Å². The largest absolute Gasteiger partial charge is 0.299 e. The summed E-state index contributed by atoms with van der Waals surface area (Å²) in [5.41, 5.74) is 0.157. The lowest BCUT2D eigenvalue weighted by molar-refractivity contribution is -0.128. The minimum atomic E-state index is -0.0498. The van der Waals surface area contributed by atoms with E-state index in [9.17, 15) is 4.79 Å². The highest BCUT2D eigenvalue weighted by molar-refractivity contribution is 9.09. The van der Waals surface area contributed by atoms with Crippen LogP contribution in [-0.4, -0.2) is 10.6 Å². The molecule has 0 radical (unpaired) electrons. The topological polar surface area (TPSA) is 17.1 Å². The first-order chi connectivity index (χ1) is 5.39. The number of alkyl halides is 1. The van der Waals surface area contributed by atoms with Crippen LogP contribution in [-0.2, 0) is 4.79 Å². The molecule has 2 aliphatic carbocycles. The number of ketones is 1. The third kappa shape index (κ3) is 0.729.